The molecule has 19 heavy (non-hydrogen) atoms. The van der Waals surface area contributed by atoms with Crippen molar-refractivity contribution in [2.75, 3.05) is 19.6 Å². The van der Waals surface area contributed by atoms with Gasteiger partial charge in [0.2, 0.25) is 5.91 Å². The monoisotopic (exact) mass is 306 g/mol. The smallest absolute Gasteiger partial charge is 0.227 e. The highest BCUT2D eigenvalue weighted by atomic mass is 35.5. The van der Waals surface area contributed by atoms with Crippen molar-refractivity contribution in [2.45, 2.75) is 12.8 Å². The molecule has 0 bridgehead atoms. The Balaban J connectivity index is 0.00000180. The van der Waals surface area contributed by atoms with Gasteiger partial charge in [-0.1, -0.05) is 17.7 Å². The molecule has 1 saturated heterocycles. The molecule has 1 aromatic rings. The highest BCUT2D eigenvalue weighted by Gasteiger charge is 2.26. The van der Waals surface area contributed by atoms with E-state index in [0.717, 1.165) is 6.42 Å². The normalized spacial score (nSPS) is 18.3. The second kappa shape index (κ2) is 7.08. The van der Waals surface area contributed by atoms with Crippen LogP contribution in [0.5, 0.6) is 0 Å². The molecule has 6 heteroatoms. The fourth-order valence-electron chi connectivity index (χ4n) is 2.22. The Bertz CT molecular complexity index is 436. The molecule has 106 valence electrons. The number of hydrogen-bond acceptors (Lipinski definition) is 2. The lowest BCUT2D eigenvalue weighted by Crippen LogP contribution is -2.31. The molecule has 1 heterocycles. The summed E-state index contributed by atoms with van der Waals surface area (Å²) in [6.45, 7) is 1.96. The summed E-state index contributed by atoms with van der Waals surface area (Å²) < 4.78 is 13.6. The molecule has 1 fully saturated rings. The molecule has 0 radical (unpaired) electrons. The molecule has 0 aromatic heterocycles. The Morgan fingerprint density at radius 2 is 2.26 bits per heavy atom. The molecule has 3 nitrogen and oxygen atoms in total. The van der Waals surface area contributed by atoms with Crippen LogP contribution >= 0.6 is 24.0 Å². The third-order valence-corrected chi connectivity index (χ3v) is 3.72. The second-order valence-corrected chi connectivity index (χ2v) is 5.01. The first-order valence-corrected chi connectivity index (χ1v) is 6.40. The molecule has 0 aliphatic carbocycles. The summed E-state index contributed by atoms with van der Waals surface area (Å²) in [4.78, 5) is 13.8. The number of nitrogens with zero attached hydrogens (tertiary/aromatic N) is 1. The first kappa shape index (κ1) is 16.2. The minimum atomic E-state index is -0.426. The van der Waals surface area contributed by atoms with Crippen molar-refractivity contribution in [3.63, 3.8) is 0 Å². The van der Waals surface area contributed by atoms with Crippen molar-refractivity contribution >= 4 is 29.9 Å². The number of halogens is 3. The van der Waals surface area contributed by atoms with Gasteiger partial charge in [0.15, 0.2) is 0 Å². The number of carbonyl (C=O) groups is 1. The van der Waals surface area contributed by atoms with Gasteiger partial charge >= 0.3 is 0 Å². The number of rotatable bonds is 3. The van der Waals surface area contributed by atoms with E-state index in [9.17, 15) is 9.18 Å². The number of hydrogen-bond donors (Lipinski definition) is 1. The molecule has 1 aromatic carbocycles. The van der Waals surface area contributed by atoms with Crippen LogP contribution in [0, 0.1) is 11.7 Å². The lowest BCUT2D eigenvalue weighted by atomic mass is 10.1. The average Bonchev–Trinajstić information content (AvgIpc) is 2.82. The van der Waals surface area contributed by atoms with E-state index in [4.69, 9.17) is 17.3 Å². The van der Waals surface area contributed by atoms with Crippen LogP contribution in [0.4, 0.5) is 4.39 Å². The quantitative estimate of drug-likeness (QED) is 0.931. The summed E-state index contributed by atoms with van der Waals surface area (Å²) >= 11 is 5.91. The highest BCUT2D eigenvalue weighted by Crippen LogP contribution is 2.22. The standard InChI is InChI=1S/C13H16ClFN2O.ClH/c14-11-2-1-3-12(15)10(11)6-13(18)17-5-4-9(7-16)8-17;/h1-3,9H,4-8,16H2;1H. The molecular formula is C13H17Cl2FN2O. The first-order chi connectivity index (χ1) is 8.61. The molecule has 1 amide bonds. The van der Waals surface area contributed by atoms with Gasteiger partial charge in [-0.3, -0.25) is 4.79 Å². The summed E-state index contributed by atoms with van der Waals surface area (Å²) in [6.07, 6.45) is 0.941. The van der Waals surface area contributed by atoms with Gasteiger partial charge in [0, 0.05) is 23.7 Å². The predicted molar refractivity (Wildman–Crippen MR) is 76.1 cm³/mol. The van der Waals surface area contributed by atoms with Gasteiger partial charge in [-0.2, -0.15) is 0 Å². The van der Waals surface area contributed by atoms with Gasteiger partial charge in [0.05, 0.1) is 6.42 Å². The highest BCUT2D eigenvalue weighted by molar-refractivity contribution is 6.31. The molecule has 0 spiro atoms. The third kappa shape index (κ3) is 3.81. The summed E-state index contributed by atoms with van der Waals surface area (Å²) in [5.74, 6) is -0.145. The van der Waals surface area contributed by atoms with Gasteiger partial charge in [0.25, 0.3) is 0 Å². The summed E-state index contributed by atoms with van der Waals surface area (Å²) in [5.41, 5.74) is 5.86. The Morgan fingerprint density at radius 1 is 1.53 bits per heavy atom. The fraction of sp³-hybridized carbons (Fsp3) is 0.462. The molecule has 1 aliphatic heterocycles. The van der Waals surface area contributed by atoms with E-state index in [1.54, 1.807) is 11.0 Å². The van der Waals surface area contributed by atoms with Gasteiger partial charge in [-0.05, 0) is 31.0 Å². The Morgan fingerprint density at radius 3 is 2.84 bits per heavy atom. The minimum absolute atomic E-state index is 0. The second-order valence-electron chi connectivity index (χ2n) is 4.61. The number of nitrogens with two attached hydrogens (primary N) is 1. The Hall–Kier alpha value is -0.840. The molecule has 1 unspecified atom stereocenters. The SMILES string of the molecule is Cl.NCC1CCN(C(=O)Cc2c(F)cccc2Cl)C1. The van der Waals surface area contributed by atoms with Crippen molar-refractivity contribution < 1.29 is 9.18 Å². The van der Waals surface area contributed by atoms with Crippen LogP contribution in [-0.4, -0.2) is 30.4 Å². The van der Waals surface area contributed by atoms with Crippen molar-refractivity contribution in [2.24, 2.45) is 11.7 Å². The zero-order chi connectivity index (χ0) is 13.1. The topological polar surface area (TPSA) is 46.3 Å². The number of amides is 1. The number of benzene rings is 1. The van der Waals surface area contributed by atoms with E-state index in [-0.39, 0.29) is 30.3 Å². The Kier molecular flexibility index (Phi) is 6.04. The lowest BCUT2D eigenvalue weighted by Gasteiger charge is -2.17. The van der Waals surface area contributed by atoms with E-state index < -0.39 is 5.82 Å². The lowest BCUT2D eigenvalue weighted by molar-refractivity contribution is -0.129. The zero-order valence-corrected chi connectivity index (χ0v) is 12.0. The van der Waals surface area contributed by atoms with Crippen LogP contribution in [0.25, 0.3) is 0 Å². The van der Waals surface area contributed by atoms with Crippen LogP contribution in [0.2, 0.25) is 5.02 Å². The van der Waals surface area contributed by atoms with Crippen LogP contribution in [0.15, 0.2) is 18.2 Å². The summed E-state index contributed by atoms with van der Waals surface area (Å²) in [6, 6.07) is 4.45. The van der Waals surface area contributed by atoms with E-state index >= 15 is 0 Å². The zero-order valence-electron chi connectivity index (χ0n) is 10.4. The maximum atomic E-state index is 13.6. The molecule has 0 saturated carbocycles. The van der Waals surface area contributed by atoms with Crippen LogP contribution in [-0.2, 0) is 11.2 Å². The van der Waals surface area contributed by atoms with Crippen LogP contribution in [0.1, 0.15) is 12.0 Å². The molecular weight excluding hydrogens is 290 g/mol. The molecule has 2 rings (SSSR count). The first-order valence-electron chi connectivity index (χ1n) is 6.02. The predicted octanol–water partition coefficient (Wildman–Crippen LogP) is 2.25. The van der Waals surface area contributed by atoms with E-state index in [0.29, 0.717) is 30.6 Å². The van der Waals surface area contributed by atoms with E-state index in [2.05, 4.69) is 0 Å². The molecule has 1 aliphatic rings. The van der Waals surface area contributed by atoms with Crippen molar-refractivity contribution in [3.05, 3.63) is 34.6 Å². The third-order valence-electron chi connectivity index (χ3n) is 3.36. The molecule has 2 N–H and O–H groups in total. The fourth-order valence-corrected chi connectivity index (χ4v) is 2.45. The van der Waals surface area contributed by atoms with Crippen LogP contribution < -0.4 is 5.73 Å². The summed E-state index contributed by atoms with van der Waals surface area (Å²) in [7, 11) is 0. The van der Waals surface area contributed by atoms with Gasteiger partial charge < -0.3 is 10.6 Å². The van der Waals surface area contributed by atoms with E-state index in [1.165, 1.54) is 12.1 Å². The maximum absolute atomic E-state index is 13.6. The molecule has 1 atom stereocenters. The average molecular weight is 307 g/mol. The van der Waals surface area contributed by atoms with Gasteiger partial charge in [-0.25, -0.2) is 4.39 Å². The summed E-state index contributed by atoms with van der Waals surface area (Å²) in [5, 5.41) is 0.304. The minimum Gasteiger partial charge on any atom is -0.342 e. The van der Waals surface area contributed by atoms with Gasteiger partial charge in [-0.15, -0.1) is 12.4 Å². The van der Waals surface area contributed by atoms with E-state index in [1.807, 2.05) is 0 Å². The van der Waals surface area contributed by atoms with Crippen molar-refractivity contribution in [3.8, 4) is 0 Å². The largest absolute Gasteiger partial charge is 0.342 e. The van der Waals surface area contributed by atoms with Gasteiger partial charge in [0.1, 0.15) is 5.82 Å². The van der Waals surface area contributed by atoms with Crippen LogP contribution in [0.3, 0.4) is 0 Å². The number of carbonyl (C=O) groups excluding carboxylic acids is 1. The van der Waals surface area contributed by atoms with Crippen molar-refractivity contribution in [1.29, 1.82) is 0 Å². The van der Waals surface area contributed by atoms with Crippen molar-refractivity contribution in [1.82, 2.24) is 4.90 Å². The number of likely N-dealkylation sites (tertiary alicyclic amines) is 1. The Labute approximate surface area is 123 Å². The maximum Gasteiger partial charge on any atom is 0.227 e.